The Hall–Kier alpha value is -2.01. The van der Waals surface area contributed by atoms with E-state index in [1.54, 1.807) is 0 Å². The molecule has 26 heavy (non-hydrogen) atoms. The molecular formula is C21H29N5. The van der Waals surface area contributed by atoms with Gasteiger partial charge in [0, 0.05) is 36.2 Å². The highest BCUT2D eigenvalue weighted by Crippen LogP contribution is 2.32. The van der Waals surface area contributed by atoms with Gasteiger partial charge in [-0.1, -0.05) is 0 Å². The smallest absolute Gasteiger partial charge is 0.225 e. The summed E-state index contributed by atoms with van der Waals surface area (Å²) in [4.78, 5) is 16.4. The number of hydrogen-bond donors (Lipinski definition) is 1. The molecule has 2 aromatic rings. The third-order valence-corrected chi connectivity index (χ3v) is 6.02. The maximum atomic E-state index is 4.86. The van der Waals surface area contributed by atoms with Crippen LogP contribution in [0.3, 0.4) is 0 Å². The Bertz CT molecular complexity index is 746. The zero-order valence-corrected chi connectivity index (χ0v) is 15.9. The molecule has 0 aromatic carbocycles. The number of anilines is 1. The number of nitrogens with zero attached hydrogens (tertiary/aromatic N) is 4. The molecule has 0 radical (unpaired) electrons. The maximum absolute atomic E-state index is 4.86. The monoisotopic (exact) mass is 351 g/mol. The van der Waals surface area contributed by atoms with Crippen LogP contribution < -0.4 is 10.2 Å². The summed E-state index contributed by atoms with van der Waals surface area (Å²) in [5.74, 6) is 2.65. The van der Waals surface area contributed by atoms with Crippen LogP contribution in [0.25, 0.3) is 11.3 Å². The molecule has 2 saturated heterocycles. The Morgan fingerprint density at radius 2 is 1.65 bits per heavy atom. The molecular weight excluding hydrogens is 322 g/mol. The van der Waals surface area contributed by atoms with Gasteiger partial charge in [0.25, 0.3) is 0 Å². The van der Waals surface area contributed by atoms with Crippen LogP contribution in [0.4, 0.5) is 5.95 Å². The van der Waals surface area contributed by atoms with Crippen molar-refractivity contribution in [2.45, 2.75) is 39.5 Å². The molecule has 5 heteroatoms. The van der Waals surface area contributed by atoms with Crippen molar-refractivity contribution < 1.29 is 0 Å². The van der Waals surface area contributed by atoms with Crippen molar-refractivity contribution in [2.24, 2.45) is 11.8 Å². The lowest BCUT2D eigenvalue weighted by atomic mass is 9.79. The second-order valence-electron chi connectivity index (χ2n) is 7.74. The highest BCUT2D eigenvalue weighted by atomic mass is 15.2. The topological polar surface area (TPSA) is 53.9 Å². The molecule has 2 aliphatic rings. The molecule has 0 aliphatic carbocycles. The van der Waals surface area contributed by atoms with Gasteiger partial charge in [-0.15, -0.1) is 0 Å². The van der Waals surface area contributed by atoms with E-state index >= 15 is 0 Å². The Balaban J connectivity index is 1.46. The van der Waals surface area contributed by atoms with Crippen LogP contribution in [0.15, 0.2) is 24.4 Å². The van der Waals surface area contributed by atoms with E-state index in [1.807, 2.05) is 19.2 Å². The number of hydrogen-bond acceptors (Lipinski definition) is 5. The summed E-state index contributed by atoms with van der Waals surface area (Å²) in [6.45, 7) is 8.61. The fourth-order valence-electron chi connectivity index (χ4n) is 4.49. The first kappa shape index (κ1) is 17.4. The zero-order valence-electron chi connectivity index (χ0n) is 15.9. The van der Waals surface area contributed by atoms with Crippen molar-refractivity contribution in [3.8, 4) is 11.3 Å². The van der Waals surface area contributed by atoms with Gasteiger partial charge in [0.05, 0.1) is 5.69 Å². The molecule has 2 fully saturated rings. The van der Waals surface area contributed by atoms with Gasteiger partial charge in [-0.25, -0.2) is 9.97 Å². The Labute approximate surface area is 156 Å². The molecule has 1 N–H and O–H groups in total. The lowest BCUT2D eigenvalue weighted by molar-refractivity contribution is 0.221. The van der Waals surface area contributed by atoms with E-state index in [2.05, 4.69) is 39.2 Å². The minimum atomic E-state index is 0.867. The molecule has 2 aromatic heterocycles. The average Bonchev–Trinajstić information content (AvgIpc) is 2.69. The van der Waals surface area contributed by atoms with E-state index in [-0.39, 0.29) is 0 Å². The van der Waals surface area contributed by atoms with Crippen LogP contribution in [0.2, 0.25) is 0 Å². The molecule has 0 unspecified atom stereocenters. The molecule has 4 rings (SSSR count). The number of pyridine rings is 1. The molecule has 4 heterocycles. The molecule has 0 amide bonds. The lowest BCUT2D eigenvalue weighted by Crippen LogP contribution is -2.40. The first-order valence-corrected chi connectivity index (χ1v) is 9.94. The van der Waals surface area contributed by atoms with Gasteiger partial charge in [-0.05, 0) is 82.7 Å². The van der Waals surface area contributed by atoms with Gasteiger partial charge in [-0.2, -0.15) is 0 Å². The minimum Gasteiger partial charge on any atom is -0.341 e. The number of piperidine rings is 2. The van der Waals surface area contributed by atoms with Crippen molar-refractivity contribution in [3.63, 3.8) is 0 Å². The first-order valence-electron chi connectivity index (χ1n) is 9.94. The SMILES string of the molecule is Cc1ccc(-c2ccnc(N3CCC(C4CCNCC4)CC3)n2)c(C)n1. The quantitative estimate of drug-likeness (QED) is 0.919. The molecule has 138 valence electrons. The van der Waals surface area contributed by atoms with Gasteiger partial charge in [0.2, 0.25) is 5.95 Å². The largest absolute Gasteiger partial charge is 0.341 e. The summed E-state index contributed by atoms with van der Waals surface area (Å²) in [6, 6.07) is 6.16. The van der Waals surface area contributed by atoms with Gasteiger partial charge < -0.3 is 10.2 Å². The van der Waals surface area contributed by atoms with E-state index < -0.39 is 0 Å². The second-order valence-corrected chi connectivity index (χ2v) is 7.74. The van der Waals surface area contributed by atoms with Crippen molar-refractivity contribution in [1.82, 2.24) is 20.3 Å². The van der Waals surface area contributed by atoms with Crippen LogP contribution in [0.5, 0.6) is 0 Å². The third kappa shape index (κ3) is 3.73. The summed E-state index contributed by atoms with van der Waals surface area (Å²) >= 11 is 0. The predicted molar refractivity (Wildman–Crippen MR) is 105 cm³/mol. The predicted octanol–water partition coefficient (Wildman–Crippen LogP) is 3.37. The highest BCUT2D eigenvalue weighted by molar-refractivity contribution is 5.62. The maximum Gasteiger partial charge on any atom is 0.225 e. The molecule has 0 spiro atoms. The lowest BCUT2D eigenvalue weighted by Gasteiger charge is -2.37. The third-order valence-electron chi connectivity index (χ3n) is 6.02. The van der Waals surface area contributed by atoms with Crippen molar-refractivity contribution in [3.05, 3.63) is 35.8 Å². The van der Waals surface area contributed by atoms with Crippen molar-refractivity contribution in [2.75, 3.05) is 31.1 Å². The van der Waals surface area contributed by atoms with E-state index in [0.717, 1.165) is 53.5 Å². The molecule has 0 atom stereocenters. The Kier molecular flexibility index (Phi) is 5.16. The summed E-state index contributed by atoms with van der Waals surface area (Å²) < 4.78 is 0. The summed E-state index contributed by atoms with van der Waals surface area (Å²) in [5.41, 5.74) is 4.14. The average molecular weight is 351 g/mol. The van der Waals surface area contributed by atoms with Crippen LogP contribution >= 0.6 is 0 Å². The van der Waals surface area contributed by atoms with Gasteiger partial charge in [0.15, 0.2) is 0 Å². The molecule has 0 saturated carbocycles. The fourth-order valence-corrected chi connectivity index (χ4v) is 4.49. The van der Waals surface area contributed by atoms with Crippen LogP contribution in [0, 0.1) is 25.7 Å². The van der Waals surface area contributed by atoms with Crippen LogP contribution in [0.1, 0.15) is 37.1 Å². The van der Waals surface area contributed by atoms with Crippen LogP contribution in [-0.2, 0) is 0 Å². The standard InChI is InChI=1S/C21H29N5/c1-15-3-4-19(16(2)24-15)20-7-12-23-21(25-20)26-13-8-18(9-14-26)17-5-10-22-11-6-17/h3-4,7,12,17-18,22H,5-6,8-11,13-14H2,1-2H3. The Morgan fingerprint density at radius 3 is 2.38 bits per heavy atom. The summed E-state index contributed by atoms with van der Waals surface area (Å²) in [6.07, 6.45) is 7.11. The van der Waals surface area contributed by atoms with Crippen molar-refractivity contribution in [1.29, 1.82) is 0 Å². The number of rotatable bonds is 3. The van der Waals surface area contributed by atoms with Gasteiger partial charge in [0.1, 0.15) is 0 Å². The minimum absolute atomic E-state index is 0.867. The van der Waals surface area contributed by atoms with Gasteiger partial charge in [-0.3, -0.25) is 4.98 Å². The zero-order chi connectivity index (χ0) is 17.9. The number of nitrogens with one attached hydrogen (secondary N) is 1. The summed E-state index contributed by atoms with van der Waals surface area (Å²) in [5, 5.41) is 3.48. The summed E-state index contributed by atoms with van der Waals surface area (Å²) in [7, 11) is 0. The molecule has 0 bridgehead atoms. The number of aromatic nitrogens is 3. The van der Waals surface area contributed by atoms with E-state index in [0.29, 0.717) is 0 Å². The van der Waals surface area contributed by atoms with Crippen LogP contribution in [-0.4, -0.2) is 41.1 Å². The van der Waals surface area contributed by atoms with E-state index in [9.17, 15) is 0 Å². The Morgan fingerprint density at radius 1 is 0.923 bits per heavy atom. The number of aryl methyl sites for hydroxylation is 2. The van der Waals surface area contributed by atoms with E-state index in [1.165, 1.54) is 38.8 Å². The molecule has 2 aliphatic heterocycles. The highest BCUT2D eigenvalue weighted by Gasteiger charge is 2.28. The van der Waals surface area contributed by atoms with Crippen molar-refractivity contribution >= 4 is 5.95 Å². The molecule has 5 nitrogen and oxygen atoms in total. The first-order chi connectivity index (χ1) is 12.7. The second kappa shape index (κ2) is 7.70. The fraction of sp³-hybridized carbons (Fsp3) is 0.571. The van der Waals surface area contributed by atoms with Gasteiger partial charge >= 0.3 is 0 Å². The normalized spacial score (nSPS) is 19.7. The van der Waals surface area contributed by atoms with E-state index in [4.69, 9.17) is 4.98 Å².